The highest BCUT2D eigenvalue weighted by Gasteiger charge is 2.53. The Morgan fingerprint density at radius 2 is 1.73 bits per heavy atom. The van der Waals surface area contributed by atoms with E-state index in [1.165, 1.54) is 38.5 Å². The fourth-order valence-electron chi connectivity index (χ4n) is 7.23. The number of ether oxygens (including phenoxy) is 1. The van der Waals surface area contributed by atoms with Crippen LogP contribution in [0.25, 0.3) is 0 Å². The molecule has 5 nitrogen and oxygen atoms in total. The Morgan fingerprint density at radius 3 is 2.37 bits per heavy atom. The first-order valence-corrected chi connectivity index (χ1v) is 11.8. The molecule has 5 aliphatic rings. The number of carbonyl (C=O) groups is 2. The van der Waals surface area contributed by atoms with Gasteiger partial charge < -0.3 is 10.1 Å². The summed E-state index contributed by atoms with van der Waals surface area (Å²) in [5.41, 5.74) is 1.24. The fraction of sp³-hybridized carbons (Fsp3) is 0.680. The van der Waals surface area contributed by atoms with Crippen molar-refractivity contribution < 1.29 is 14.3 Å². The smallest absolute Gasteiger partial charge is 0.410 e. The number of benzene rings is 1. The maximum atomic E-state index is 13.2. The number of rotatable bonds is 5. The summed E-state index contributed by atoms with van der Waals surface area (Å²) < 4.78 is 5.50. The van der Waals surface area contributed by atoms with Gasteiger partial charge in [-0.1, -0.05) is 30.3 Å². The summed E-state index contributed by atoms with van der Waals surface area (Å²) in [5, 5.41) is 3.35. The first-order valence-electron chi connectivity index (χ1n) is 11.8. The van der Waals surface area contributed by atoms with Crippen LogP contribution in [0.15, 0.2) is 30.3 Å². The number of carbonyl (C=O) groups excluding carboxylic acids is 2. The molecule has 30 heavy (non-hydrogen) atoms. The van der Waals surface area contributed by atoms with Crippen LogP contribution in [0.5, 0.6) is 0 Å². The molecule has 4 saturated carbocycles. The highest BCUT2D eigenvalue weighted by molar-refractivity contribution is 5.86. The summed E-state index contributed by atoms with van der Waals surface area (Å²) in [5.74, 6) is 2.61. The number of nitrogens with one attached hydrogen (secondary N) is 1. The molecule has 2 atom stereocenters. The molecule has 1 aromatic rings. The molecule has 0 spiro atoms. The maximum absolute atomic E-state index is 13.2. The predicted octanol–water partition coefficient (Wildman–Crippen LogP) is 4.51. The molecule has 4 aliphatic carbocycles. The van der Waals surface area contributed by atoms with E-state index in [9.17, 15) is 9.59 Å². The largest absolute Gasteiger partial charge is 0.445 e. The second-order valence-electron chi connectivity index (χ2n) is 10.4. The first kappa shape index (κ1) is 19.9. The van der Waals surface area contributed by atoms with Gasteiger partial charge in [-0.25, -0.2) is 4.79 Å². The molecule has 1 saturated heterocycles. The Morgan fingerprint density at radius 1 is 1.10 bits per heavy atom. The standard InChI is InChI=1S/C25H34N2O3/c1-17(25-13-19-10-20(14-25)12-21(11-19)15-25)26-23(28)22-8-5-9-27(22)24(29)30-16-18-6-3-2-4-7-18/h2-4,6-7,17,19-22H,5,8-16H2,1H3,(H,26,28). The lowest BCUT2D eigenvalue weighted by Crippen LogP contribution is -2.58. The van der Waals surface area contributed by atoms with Crippen LogP contribution in [-0.4, -0.2) is 35.5 Å². The zero-order chi connectivity index (χ0) is 20.7. The zero-order valence-electron chi connectivity index (χ0n) is 18.0. The van der Waals surface area contributed by atoms with Gasteiger partial charge in [0.15, 0.2) is 0 Å². The summed E-state index contributed by atoms with van der Waals surface area (Å²) in [7, 11) is 0. The average molecular weight is 411 g/mol. The van der Waals surface area contributed by atoms with Crippen LogP contribution in [0, 0.1) is 23.2 Å². The monoisotopic (exact) mass is 410 g/mol. The minimum absolute atomic E-state index is 0.00686. The van der Waals surface area contributed by atoms with Crippen molar-refractivity contribution in [3.05, 3.63) is 35.9 Å². The SMILES string of the molecule is CC(NC(=O)C1CCCN1C(=O)OCc1ccccc1)C12CC3CC(CC(C3)C1)C2. The van der Waals surface area contributed by atoms with Gasteiger partial charge in [0.05, 0.1) is 0 Å². The quantitative estimate of drug-likeness (QED) is 0.777. The fourth-order valence-corrected chi connectivity index (χ4v) is 7.23. The maximum Gasteiger partial charge on any atom is 0.410 e. The minimum atomic E-state index is -0.398. The Labute approximate surface area is 179 Å². The molecule has 1 N–H and O–H groups in total. The van der Waals surface area contributed by atoms with Crippen LogP contribution in [0.4, 0.5) is 4.79 Å². The molecule has 5 heteroatoms. The summed E-state index contributed by atoms with van der Waals surface area (Å²) in [6.07, 6.45) is 9.23. The molecular formula is C25H34N2O3. The van der Waals surface area contributed by atoms with E-state index in [1.54, 1.807) is 4.90 Å². The van der Waals surface area contributed by atoms with Crippen LogP contribution >= 0.6 is 0 Å². The third-order valence-electron chi connectivity index (χ3n) is 8.36. The van der Waals surface area contributed by atoms with Gasteiger partial charge in [-0.2, -0.15) is 0 Å². The number of hydrogen-bond acceptors (Lipinski definition) is 3. The second kappa shape index (κ2) is 7.90. The van der Waals surface area contributed by atoms with Crippen LogP contribution in [0.1, 0.15) is 63.9 Å². The van der Waals surface area contributed by atoms with Gasteiger partial charge in [0, 0.05) is 12.6 Å². The number of likely N-dealkylation sites (tertiary alicyclic amines) is 1. The minimum Gasteiger partial charge on any atom is -0.445 e. The van der Waals surface area contributed by atoms with Crippen LogP contribution in [-0.2, 0) is 16.1 Å². The van der Waals surface area contributed by atoms with Crippen molar-refractivity contribution in [2.45, 2.75) is 77.0 Å². The summed E-state index contributed by atoms with van der Waals surface area (Å²) in [6, 6.07) is 9.47. The van der Waals surface area contributed by atoms with Gasteiger partial charge in [0.1, 0.15) is 12.6 Å². The molecule has 1 heterocycles. The first-order chi connectivity index (χ1) is 14.5. The molecule has 1 aliphatic heterocycles. The molecular weight excluding hydrogens is 376 g/mol. The topological polar surface area (TPSA) is 58.6 Å². The van der Waals surface area contributed by atoms with Crippen molar-refractivity contribution in [2.24, 2.45) is 23.2 Å². The Kier molecular flexibility index (Phi) is 5.24. The van der Waals surface area contributed by atoms with Gasteiger partial charge in [0.25, 0.3) is 0 Å². The third kappa shape index (κ3) is 3.72. The van der Waals surface area contributed by atoms with E-state index >= 15 is 0 Å². The molecule has 2 amide bonds. The highest BCUT2D eigenvalue weighted by Crippen LogP contribution is 2.61. The van der Waals surface area contributed by atoms with E-state index in [4.69, 9.17) is 4.74 Å². The van der Waals surface area contributed by atoms with E-state index in [2.05, 4.69) is 12.2 Å². The highest BCUT2D eigenvalue weighted by atomic mass is 16.6. The lowest BCUT2D eigenvalue weighted by atomic mass is 9.48. The molecule has 5 fully saturated rings. The zero-order valence-corrected chi connectivity index (χ0v) is 18.0. The average Bonchev–Trinajstić information content (AvgIpc) is 3.22. The van der Waals surface area contributed by atoms with Gasteiger partial charge in [-0.3, -0.25) is 9.69 Å². The van der Waals surface area contributed by atoms with Gasteiger partial charge >= 0.3 is 6.09 Å². The van der Waals surface area contributed by atoms with Crippen molar-refractivity contribution in [1.82, 2.24) is 10.2 Å². The Bertz CT molecular complexity index is 758. The Balaban J connectivity index is 1.19. The lowest BCUT2D eigenvalue weighted by molar-refractivity contribution is -0.129. The van der Waals surface area contributed by atoms with Crippen LogP contribution in [0.2, 0.25) is 0 Å². The van der Waals surface area contributed by atoms with E-state index in [0.717, 1.165) is 36.2 Å². The summed E-state index contributed by atoms with van der Waals surface area (Å²) in [6.45, 7) is 3.05. The number of amides is 2. The van der Waals surface area contributed by atoms with Crippen LogP contribution < -0.4 is 5.32 Å². The summed E-state index contributed by atoms with van der Waals surface area (Å²) in [4.78, 5) is 27.5. The molecule has 2 unspecified atom stereocenters. The predicted molar refractivity (Wildman–Crippen MR) is 115 cm³/mol. The van der Waals surface area contributed by atoms with Crippen molar-refractivity contribution in [3.63, 3.8) is 0 Å². The molecule has 0 aromatic heterocycles. The summed E-state index contributed by atoms with van der Waals surface area (Å²) >= 11 is 0. The Hall–Kier alpha value is -2.04. The van der Waals surface area contributed by atoms with E-state index in [-0.39, 0.29) is 30.1 Å². The van der Waals surface area contributed by atoms with Crippen molar-refractivity contribution in [1.29, 1.82) is 0 Å². The van der Waals surface area contributed by atoms with Crippen LogP contribution in [0.3, 0.4) is 0 Å². The van der Waals surface area contributed by atoms with Crippen molar-refractivity contribution in [3.8, 4) is 0 Å². The van der Waals surface area contributed by atoms with Gasteiger partial charge in [0.2, 0.25) is 5.91 Å². The lowest BCUT2D eigenvalue weighted by Gasteiger charge is -2.59. The third-order valence-corrected chi connectivity index (χ3v) is 8.36. The van der Waals surface area contributed by atoms with Crippen molar-refractivity contribution in [2.75, 3.05) is 6.54 Å². The number of nitrogens with zero attached hydrogens (tertiary/aromatic N) is 1. The van der Waals surface area contributed by atoms with Gasteiger partial charge in [-0.15, -0.1) is 0 Å². The van der Waals surface area contributed by atoms with Crippen molar-refractivity contribution >= 4 is 12.0 Å². The molecule has 0 radical (unpaired) electrons. The van der Waals surface area contributed by atoms with E-state index in [1.807, 2.05) is 30.3 Å². The van der Waals surface area contributed by atoms with E-state index < -0.39 is 6.04 Å². The molecule has 4 bridgehead atoms. The molecule has 162 valence electrons. The second-order valence-corrected chi connectivity index (χ2v) is 10.4. The molecule has 1 aromatic carbocycles. The van der Waals surface area contributed by atoms with Gasteiger partial charge in [-0.05, 0) is 87.0 Å². The van der Waals surface area contributed by atoms with E-state index in [0.29, 0.717) is 6.54 Å². The molecule has 6 rings (SSSR count). The normalized spacial score (nSPS) is 35.3. The number of hydrogen-bond donors (Lipinski definition) is 1.